The number of ether oxygens (including phenoxy) is 1. The Bertz CT molecular complexity index is 768. The van der Waals surface area contributed by atoms with Crippen LogP contribution in [0.3, 0.4) is 0 Å². The number of phenols is 1. The maximum atomic E-state index is 12.1. The number of amides is 1. The number of aliphatic imine (C=N–C) groups is 1. The summed E-state index contributed by atoms with van der Waals surface area (Å²) in [5, 5.41) is 12.6. The van der Waals surface area contributed by atoms with Crippen LogP contribution in [0.25, 0.3) is 0 Å². The molecule has 22 heavy (non-hydrogen) atoms. The van der Waals surface area contributed by atoms with Gasteiger partial charge in [-0.05, 0) is 36.2 Å². The summed E-state index contributed by atoms with van der Waals surface area (Å²) in [4.78, 5) is 16.4. The normalized spacial score (nSPS) is 16.6. The third kappa shape index (κ3) is 2.41. The molecular formula is C17H16N2O3. The predicted octanol–water partition coefficient (Wildman–Crippen LogP) is 3.15. The van der Waals surface area contributed by atoms with Gasteiger partial charge in [-0.3, -0.25) is 9.79 Å². The van der Waals surface area contributed by atoms with Crippen molar-refractivity contribution in [2.45, 2.75) is 12.8 Å². The van der Waals surface area contributed by atoms with E-state index in [9.17, 15) is 9.90 Å². The van der Waals surface area contributed by atoms with E-state index in [2.05, 4.69) is 10.3 Å². The number of hydrogen-bond donors (Lipinski definition) is 2. The van der Waals surface area contributed by atoms with Crippen LogP contribution in [-0.4, -0.2) is 24.3 Å². The predicted molar refractivity (Wildman–Crippen MR) is 85.4 cm³/mol. The minimum absolute atomic E-state index is 0.0182. The number of hydrogen-bond acceptors (Lipinski definition) is 4. The van der Waals surface area contributed by atoms with Crippen molar-refractivity contribution in [3.8, 4) is 11.5 Å². The summed E-state index contributed by atoms with van der Waals surface area (Å²) < 4.78 is 4.99. The van der Waals surface area contributed by atoms with Crippen LogP contribution in [0.4, 0.5) is 11.4 Å². The number of fused-ring (bicyclic) bond motifs is 1. The number of aromatic hydroxyl groups is 1. The Kier molecular flexibility index (Phi) is 3.55. The summed E-state index contributed by atoms with van der Waals surface area (Å²) in [5.41, 5.74) is 3.39. The van der Waals surface area contributed by atoms with Gasteiger partial charge in [0.15, 0.2) is 11.5 Å². The van der Waals surface area contributed by atoms with Gasteiger partial charge < -0.3 is 15.2 Å². The second kappa shape index (κ2) is 5.52. The molecule has 0 spiro atoms. The highest BCUT2D eigenvalue weighted by molar-refractivity contribution is 6.13. The molecule has 0 saturated heterocycles. The Balaban J connectivity index is 1.91. The number of benzene rings is 2. The second-order valence-corrected chi connectivity index (χ2v) is 5.14. The molecule has 0 fully saturated rings. The fraction of sp³-hybridized carbons (Fsp3) is 0.176. The molecule has 2 N–H and O–H groups in total. The highest BCUT2D eigenvalue weighted by Gasteiger charge is 2.30. The number of anilines is 1. The van der Waals surface area contributed by atoms with Gasteiger partial charge >= 0.3 is 0 Å². The van der Waals surface area contributed by atoms with Crippen LogP contribution in [0, 0.1) is 6.92 Å². The zero-order valence-corrected chi connectivity index (χ0v) is 12.3. The summed E-state index contributed by atoms with van der Waals surface area (Å²) >= 11 is 0. The number of methoxy groups -OCH3 is 1. The van der Waals surface area contributed by atoms with Gasteiger partial charge in [0.2, 0.25) is 5.91 Å². The second-order valence-electron chi connectivity index (χ2n) is 5.14. The van der Waals surface area contributed by atoms with Crippen LogP contribution in [0.15, 0.2) is 41.4 Å². The highest BCUT2D eigenvalue weighted by atomic mass is 16.5. The highest BCUT2D eigenvalue weighted by Crippen LogP contribution is 2.35. The molecule has 0 bridgehead atoms. The standard InChI is InChI=1S/C17H16N2O3/c1-10-4-3-5-13-16(10)12(17(21)19-13)9-18-11-6-7-15(22-2)14(20)8-11/h3-9,12,20H,1-2H3,(H,19,21). The molecule has 0 aliphatic carbocycles. The quantitative estimate of drug-likeness (QED) is 0.855. The van der Waals surface area contributed by atoms with Crippen molar-refractivity contribution in [3.05, 3.63) is 47.5 Å². The number of carbonyl (C=O) groups is 1. The van der Waals surface area contributed by atoms with Gasteiger partial charge in [0, 0.05) is 18.0 Å². The molecule has 2 aromatic rings. The number of aryl methyl sites for hydroxylation is 1. The first-order valence-corrected chi connectivity index (χ1v) is 6.91. The zero-order chi connectivity index (χ0) is 15.7. The first-order chi connectivity index (χ1) is 10.6. The fourth-order valence-corrected chi connectivity index (χ4v) is 2.61. The van der Waals surface area contributed by atoms with Gasteiger partial charge in [-0.15, -0.1) is 0 Å². The van der Waals surface area contributed by atoms with Crippen molar-refractivity contribution in [2.75, 3.05) is 12.4 Å². The Labute approximate surface area is 128 Å². The Morgan fingerprint density at radius 2 is 2.14 bits per heavy atom. The summed E-state index contributed by atoms with van der Waals surface area (Å²) in [6, 6.07) is 10.6. The molecule has 0 radical (unpaired) electrons. The Hall–Kier alpha value is -2.82. The lowest BCUT2D eigenvalue weighted by atomic mass is 9.97. The van der Waals surface area contributed by atoms with E-state index >= 15 is 0 Å². The summed E-state index contributed by atoms with van der Waals surface area (Å²) in [7, 11) is 1.49. The van der Waals surface area contributed by atoms with Crippen molar-refractivity contribution < 1.29 is 14.6 Å². The molecule has 112 valence electrons. The van der Waals surface area contributed by atoms with Gasteiger partial charge in [-0.2, -0.15) is 0 Å². The lowest BCUT2D eigenvalue weighted by Crippen LogP contribution is -2.13. The molecule has 1 heterocycles. The molecule has 1 aliphatic rings. The summed E-state index contributed by atoms with van der Waals surface area (Å²) in [5.74, 6) is -0.102. The van der Waals surface area contributed by atoms with Gasteiger partial charge in [-0.1, -0.05) is 12.1 Å². The van der Waals surface area contributed by atoms with E-state index in [0.717, 1.165) is 16.8 Å². The maximum absolute atomic E-state index is 12.1. The van der Waals surface area contributed by atoms with Crippen LogP contribution < -0.4 is 10.1 Å². The molecule has 3 rings (SSSR count). The first-order valence-electron chi connectivity index (χ1n) is 6.91. The molecule has 1 unspecified atom stereocenters. The number of nitrogens with one attached hydrogen (secondary N) is 1. The lowest BCUT2D eigenvalue weighted by Gasteiger charge is -2.06. The number of phenolic OH excluding ortho intramolecular Hbond substituents is 1. The fourth-order valence-electron chi connectivity index (χ4n) is 2.61. The van der Waals surface area contributed by atoms with Crippen LogP contribution in [0.5, 0.6) is 11.5 Å². The minimum Gasteiger partial charge on any atom is -0.504 e. The summed E-state index contributed by atoms with van der Waals surface area (Å²) in [6.45, 7) is 1.97. The SMILES string of the molecule is COc1ccc(N=CC2C(=O)Nc3cccc(C)c32)cc1O. The summed E-state index contributed by atoms with van der Waals surface area (Å²) in [6.07, 6.45) is 1.61. The van der Waals surface area contributed by atoms with Crippen molar-refractivity contribution >= 4 is 23.5 Å². The van der Waals surface area contributed by atoms with Crippen molar-refractivity contribution in [1.29, 1.82) is 0 Å². The van der Waals surface area contributed by atoms with Gasteiger partial charge in [0.25, 0.3) is 0 Å². The van der Waals surface area contributed by atoms with E-state index in [-0.39, 0.29) is 11.7 Å². The topological polar surface area (TPSA) is 70.9 Å². The molecule has 1 atom stereocenters. The van der Waals surface area contributed by atoms with Crippen LogP contribution in [0.1, 0.15) is 17.0 Å². The van der Waals surface area contributed by atoms with Crippen LogP contribution >= 0.6 is 0 Å². The van der Waals surface area contributed by atoms with E-state index in [1.165, 1.54) is 13.2 Å². The molecule has 2 aromatic carbocycles. The molecule has 0 saturated carbocycles. The minimum atomic E-state index is -0.416. The maximum Gasteiger partial charge on any atom is 0.237 e. The average Bonchev–Trinajstić information content (AvgIpc) is 2.82. The number of nitrogens with zero attached hydrogens (tertiary/aromatic N) is 1. The smallest absolute Gasteiger partial charge is 0.237 e. The van der Waals surface area contributed by atoms with Crippen molar-refractivity contribution in [1.82, 2.24) is 0 Å². The van der Waals surface area contributed by atoms with Crippen LogP contribution in [0.2, 0.25) is 0 Å². The van der Waals surface area contributed by atoms with Crippen molar-refractivity contribution in [3.63, 3.8) is 0 Å². The molecular weight excluding hydrogens is 280 g/mol. The number of carbonyl (C=O) groups excluding carboxylic acids is 1. The third-order valence-electron chi connectivity index (χ3n) is 3.71. The van der Waals surface area contributed by atoms with Gasteiger partial charge in [0.05, 0.1) is 12.8 Å². The first kappa shape index (κ1) is 14.1. The molecule has 5 heteroatoms. The van der Waals surface area contributed by atoms with Gasteiger partial charge in [0.1, 0.15) is 5.92 Å². The van der Waals surface area contributed by atoms with E-state index in [0.29, 0.717) is 11.4 Å². The molecule has 0 aromatic heterocycles. The Morgan fingerprint density at radius 1 is 1.32 bits per heavy atom. The average molecular weight is 296 g/mol. The largest absolute Gasteiger partial charge is 0.504 e. The monoisotopic (exact) mass is 296 g/mol. The van der Waals surface area contributed by atoms with E-state index < -0.39 is 5.92 Å². The zero-order valence-electron chi connectivity index (χ0n) is 12.3. The lowest BCUT2D eigenvalue weighted by molar-refractivity contribution is -0.115. The van der Waals surface area contributed by atoms with E-state index in [1.54, 1.807) is 18.3 Å². The van der Waals surface area contributed by atoms with Crippen LogP contribution in [-0.2, 0) is 4.79 Å². The molecule has 5 nitrogen and oxygen atoms in total. The Morgan fingerprint density at radius 3 is 2.86 bits per heavy atom. The third-order valence-corrected chi connectivity index (χ3v) is 3.71. The van der Waals surface area contributed by atoms with E-state index in [1.807, 2.05) is 25.1 Å². The number of rotatable bonds is 3. The molecule has 1 aliphatic heterocycles. The molecule has 1 amide bonds. The van der Waals surface area contributed by atoms with Gasteiger partial charge in [-0.25, -0.2) is 0 Å². The van der Waals surface area contributed by atoms with E-state index in [4.69, 9.17) is 4.74 Å². The van der Waals surface area contributed by atoms with Crippen molar-refractivity contribution in [2.24, 2.45) is 4.99 Å².